The zero-order valence-electron chi connectivity index (χ0n) is 11.8. The number of carbonyl (C=O) groups is 1. The highest BCUT2D eigenvalue weighted by Crippen LogP contribution is 2.52. The van der Waals surface area contributed by atoms with E-state index < -0.39 is 5.97 Å². The summed E-state index contributed by atoms with van der Waals surface area (Å²) in [5, 5.41) is 9.01. The van der Waals surface area contributed by atoms with E-state index in [9.17, 15) is 4.79 Å². The Morgan fingerprint density at radius 3 is 3.05 bits per heavy atom. The Hall–Kier alpha value is -1.25. The largest absolute Gasteiger partial charge is 0.481 e. The van der Waals surface area contributed by atoms with Crippen LogP contribution in [-0.2, 0) is 23.1 Å². The van der Waals surface area contributed by atoms with Gasteiger partial charge in [-0.25, -0.2) is 0 Å². The van der Waals surface area contributed by atoms with Gasteiger partial charge < -0.3 is 10.1 Å². The Kier molecular flexibility index (Phi) is 2.95. The first-order chi connectivity index (χ1) is 9.02. The third-order valence-electron chi connectivity index (χ3n) is 5.59. The molecule has 0 bridgehead atoms. The summed E-state index contributed by atoms with van der Waals surface area (Å²) in [6.45, 7) is 4.78. The van der Waals surface area contributed by atoms with Crippen molar-refractivity contribution in [2.45, 2.75) is 57.8 Å². The van der Waals surface area contributed by atoms with Crippen molar-refractivity contribution in [1.82, 2.24) is 4.98 Å². The van der Waals surface area contributed by atoms with Crippen LogP contribution in [0.5, 0.6) is 0 Å². The maximum Gasteiger partial charge on any atom is 0.309 e. The fourth-order valence-corrected chi connectivity index (χ4v) is 4.64. The predicted octanol–water partition coefficient (Wildman–Crippen LogP) is 3.28. The van der Waals surface area contributed by atoms with E-state index in [0.717, 1.165) is 24.0 Å². The molecule has 0 aromatic carbocycles. The molecule has 0 radical (unpaired) electrons. The van der Waals surface area contributed by atoms with Crippen molar-refractivity contribution >= 4 is 5.97 Å². The molecule has 3 unspecified atom stereocenters. The van der Waals surface area contributed by atoms with Gasteiger partial charge in [0.1, 0.15) is 0 Å². The molecule has 0 amide bonds. The number of fused-ring (bicyclic) bond motifs is 3. The van der Waals surface area contributed by atoms with Gasteiger partial charge in [-0.05, 0) is 47.6 Å². The molecule has 19 heavy (non-hydrogen) atoms. The van der Waals surface area contributed by atoms with Gasteiger partial charge in [0, 0.05) is 11.9 Å². The molecule has 1 saturated carbocycles. The summed E-state index contributed by atoms with van der Waals surface area (Å²) in [4.78, 5) is 14.2. The van der Waals surface area contributed by atoms with Crippen molar-refractivity contribution < 1.29 is 9.90 Å². The van der Waals surface area contributed by atoms with E-state index in [0.29, 0.717) is 0 Å². The minimum atomic E-state index is -0.742. The number of aliphatic carboxylic acids is 1. The van der Waals surface area contributed by atoms with E-state index in [2.05, 4.69) is 25.0 Å². The second kappa shape index (κ2) is 4.39. The number of aromatic amines is 1. The van der Waals surface area contributed by atoms with Gasteiger partial charge in [-0.1, -0.05) is 26.7 Å². The highest BCUT2D eigenvalue weighted by molar-refractivity contribution is 5.70. The predicted molar refractivity (Wildman–Crippen MR) is 74.3 cm³/mol. The minimum absolute atomic E-state index is 0.131. The molecular formula is C16H23NO2. The van der Waals surface area contributed by atoms with Crippen LogP contribution in [0, 0.1) is 11.8 Å². The molecule has 1 aromatic heterocycles. The molecule has 2 aliphatic rings. The van der Waals surface area contributed by atoms with Crippen LogP contribution in [-0.4, -0.2) is 16.1 Å². The molecule has 1 heterocycles. The van der Waals surface area contributed by atoms with Gasteiger partial charge in [0.2, 0.25) is 0 Å². The lowest BCUT2D eigenvalue weighted by atomic mass is 9.56. The summed E-state index contributed by atoms with van der Waals surface area (Å²) in [7, 11) is 0. The first-order valence-corrected chi connectivity index (χ1v) is 7.44. The lowest BCUT2D eigenvalue weighted by Crippen LogP contribution is -2.42. The third-order valence-corrected chi connectivity index (χ3v) is 5.59. The molecule has 104 valence electrons. The Bertz CT molecular complexity index is 505. The van der Waals surface area contributed by atoms with Crippen LogP contribution in [0.15, 0.2) is 6.20 Å². The highest BCUT2D eigenvalue weighted by atomic mass is 16.4. The van der Waals surface area contributed by atoms with Crippen LogP contribution in [0.25, 0.3) is 0 Å². The third kappa shape index (κ3) is 1.90. The summed E-state index contributed by atoms with van der Waals surface area (Å²) in [5.74, 6) is 0.820. The van der Waals surface area contributed by atoms with Gasteiger partial charge in [0.15, 0.2) is 0 Å². The fraction of sp³-hybridized carbons (Fsp3) is 0.688. The Morgan fingerprint density at radius 1 is 1.53 bits per heavy atom. The molecule has 2 N–H and O–H groups in total. The molecule has 1 fully saturated rings. The first kappa shape index (κ1) is 12.8. The lowest BCUT2D eigenvalue weighted by Gasteiger charge is -2.48. The molecule has 3 atom stereocenters. The van der Waals surface area contributed by atoms with Crippen LogP contribution in [0.2, 0.25) is 0 Å². The average Bonchev–Trinajstić information content (AvgIpc) is 2.73. The second-order valence-corrected chi connectivity index (χ2v) is 6.66. The monoisotopic (exact) mass is 261 g/mol. The SMILES string of the molecule is CC1CCCC2(C)c3c[nH]c(CC(=O)O)c3CCC12. The van der Waals surface area contributed by atoms with Crippen LogP contribution in [0.3, 0.4) is 0 Å². The van der Waals surface area contributed by atoms with Gasteiger partial charge in [0.05, 0.1) is 6.42 Å². The highest BCUT2D eigenvalue weighted by Gasteiger charge is 2.45. The molecule has 2 aliphatic carbocycles. The molecule has 0 aliphatic heterocycles. The quantitative estimate of drug-likeness (QED) is 0.858. The summed E-state index contributed by atoms with van der Waals surface area (Å²) in [6, 6.07) is 0. The molecular weight excluding hydrogens is 238 g/mol. The maximum atomic E-state index is 10.9. The lowest BCUT2D eigenvalue weighted by molar-refractivity contribution is -0.136. The topological polar surface area (TPSA) is 53.1 Å². The van der Waals surface area contributed by atoms with Crippen molar-refractivity contribution in [3.05, 3.63) is 23.0 Å². The van der Waals surface area contributed by atoms with Gasteiger partial charge in [0.25, 0.3) is 0 Å². The number of carboxylic acids is 1. The van der Waals surface area contributed by atoms with Crippen molar-refractivity contribution in [3.63, 3.8) is 0 Å². The van der Waals surface area contributed by atoms with Crippen LogP contribution in [0.1, 0.15) is 56.4 Å². The molecule has 1 aromatic rings. The summed E-state index contributed by atoms with van der Waals surface area (Å²) < 4.78 is 0. The number of H-pyrrole nitrogens is 1. The van der Waals surface area contributed by atoms with Crippen molar-refractivity contribution in [2.24, 2.45) is 11.8 Å². The number of hydrogen-bond acceptors (Lipinski definition) is 1. The fourth-order valence-electron chi connectivity index (χ4n) is 4.64. The molecule has 0 spiro atoms. The first-order valence-electron chi connectivity index (χ1n) is 7.44. The maximum absolute atomic E-state index is 10.9. The molecule has 0 saturated heterocycles. The van der Waals surface area contributed by atoms with Crippen LogP contribution in [0.4, 0.5) is 0 Å². The Morgan fingerprint density at radius 2 is 2.32 bits per heavy atom. The smallest absolute Gasteiger partial charge is 0.309 e. The van der Waals surface area contributed by atoms with E-state index in [-0.39, 0.29) is 11.8 Å². The Labute approximate surface area is 114 Å². The number of rotatable bonds is 2. The van der Waals surface area contributed by atoms with E-state index in [1.54, 1.807) is 0 Å². The van der Waals surface area contributed by atoms with Crippen LogP contribution >= 0.6 is 0 Å². The number of carboxylic acid groups (broad SMARTS) is 1. The molecule has 3 nitrogen and oxygen atoms in total. The molecule has 3 rings (SSSR count). The van der Waals surface area contributed by atoms with E-state index in [1.807, 2.05) is 0 Å². The van der Waals surface area contributed by atoms with Gasteiger partial charge in [-0.15, -0.1) is 0 Å². The summed E-state index contributed by atoms with van der Waals surface area (Å²) >= 11 is 0. The van der Waals surface area contributed by atoms with Crippen molar-refractivity contribution in [2.75, 3.05) is 0 Å². The second-order valence-electron chi connectivity index (χ2n) is 6.66. The van der Waals surface area contributed by atoms with E-state index in [1.165, 1.54) is 36.8 Å². The van der Waals surface area contributed by atoms with Crippen molar-refractivity contribution in [3.8, 4) is 0 Å². The van der Waals surface area contributed by atoms with E-state index in [4.69, 9.17) is 5.11 Å². The van der Waals surface area contributed by atoms with Gasteiger partial charge in [-0.3, -0.25) is 4.79 Å². The number of aromatic nitrogens is 1. The summed E-state index contributed by atoms with van der Waals surface area (Å²) in [6.07, 6.45) is 8.39. The Balaban J connectivity index is 2.00. The zero-order chi connectivity index (χ0) is 13.6. The average molecular weight is 261 g/mol. The zero-order valence-corrected chi connectivity index (χ0v) is 11.8. The van der Waals surface area contributed by atoms with E-state index >= 15 is 0 Å². The number of hydrogen-bond donors (Lipinski definition) is 2. The standard InChI is InChI=1S/C16H23NO2/c1-10-4-3-7-16(2)12(10)6-5-11-13(16)9-17-14(11)8-15(18)19/h9-10,12,17H,3-8H2,1-2H3,(H,18,19). The minimum Gasteiger partial charge on any atom is -0.481 e. The summed E-state index contributed by atoms with van der Waals surface area (Å²) in [5.41, 5.74) is 3.90. The number of nitrogens with one attached hydrogen (secondary N) is 1. The molecule has 3 heteroatoms. The normalized spacial score (nSPS) is 33.6. The van der Waals surface area contributed by atoms with Crippen molar-refractivity contribution in [1.29, 1.82) is 0 Å². The van der Waals surface area contributed by atoms with Gasteiger partial charge in [-0.2, -0.15) is 0 Å². The van der Waals surface area contributed by atoms with Gasteiger partial charge >= 0.3 is 5.97 Å². The van der Waals surface area contributed by atoms with Crippen LogP contribution < -0.4 is 0 Å².